The van der Waals surface area contributed by atoms with Crippen molar-refractivity contribution in [2.45, 2.75) is 0 Å². The van der Waals surface area contributed by atoms with E-state index < -0.39 is 0 Å². The molecule has 0 spiro atoms. The van der Waals surface area contributed by atoms with Crippen molar-refractivity contribution in [1.29, 1.82) is 0 Å². The van der Waals surface area contributed by atoms with Crippen molar-refractivity contribution in [3.63, 3.8) is 0 Å². The molecule has 0 amide bonds. The highest BCUT2D eigenvalue weighted by Crippen LogP contribution is 2.27. The predicted octanol–water partition coefficient (Wildman–Crippen LogP) is 2.68. The van der Waals surface area contributed by atoms with Crippen molar-refractivity contribution in [3.8, 4) is 23.0 Å². The van der Waals surface area contributed by atoms with Gasteiger partial charge in [-0.05, 0) is 29.8 Å². The van der Waals surface area contributed by atoms with Gasteiger partial charge in [0.2, 0.25) is 0 Å². The second-order valence-corrected chi connectivity index (χ2v) is 3.82. The molecule has 2 aromatic rings. The van der Waals surface area contributed by atoms with E-state index in [9.17, 15) is 10.2 Å². The number of rotatable bonds is 2. The minimum Gasteiger partial charge on any atom is -0.508 e. The Balaban J connectivity index is 2.27. The van der Waals surface area contributed by atoms with Crippen molar-refractivity contribution in [3.05, 3.63) is 47.5 Å². The van der Waals surface area contributed by atoms with Gasteiger partial charge in [0.25, 0.3) is 0 Å². The Morgan fingerprint density at radius 2 is 1.44 bits per heavy atom. The number of hydrogen-bond donors (Lipinski definition) is 4. The number of aromatic hydroxyl groups is 4. The molecule has 0 bridgehead atoms. The first-order chi connectivity index (χ1) is 8.56. The molecule has 0 aliphatic heterocycles. The number of benzene rings is 2. The van der Waals surface area contributed by atoms with Gasteiger partial charge in [-0.15, -0.1) is 0 Å². The van der Waals surface area contributed by atoms with Gasteiger partial charge in [-0.25, -0.2) is 0 Å². The molecule has 18 heavy (non-hydrogen) atoms. The zero-order chi connectivity index (χ0) is 13.1. The molecule has 0 unspecified atom stereocenters. The van der Waals surface area contributed by atoms with Crippen LogP contribution in [0.1, 0.15) is 11.1 Å². The molecule has 0 aromatic heterocycles. The van der Waals surface area contributed by atoms with E-state index >= 15 is 0 Å². The van der Waals surface area contributed by atoms with Crippen molar-refractivity contribution in [2.24, 2.45) is 0 Å². The van der Waals surface area contributed by atoms with Crippen molar-refractivity contribution < 1.29 is 20.4 Å². The summed E-state index contributed by atoms with van der Waals surface area (Å²) in [7, 11) is 0. The minimum absolute atomic E-state index is 0.00747. The second-order valence-electron chi connectivity index (χ2n) is 3.82. The minimum atomic E-state index is -0.202. The largest absolute Gasteiger partial charge is 0.508 e. The van der Waals surface area contributed by atoms with Crippen LogP contribution in [0.25, 0.3) is 12.2 Å². The van der Waals surface area contributed by atoms with E-state index in [0.717, 1.165) is 0 Å². The van der Waals surface area contributed by atoms with Gasteiger partial charge in [-0.3, -0.25) is 0 Å². The van der Waals surface area contributed by atoms with E-state index in [2.05, 4.69) is 0 Å². The summed E-state index contributed by atoms with van der Waals surface area (Å²) >= 11 is 0. The lowest BCUT2D eigenvalue weighted by atomic mass is 10.1. The maximum atomic E-state index is 9.57. The van der Waals surface area contributed by atoms with Crippen LogP contribution < -0.4 is 0 Å². The summed E-state index contributed by atoms with van der Waals surface area (Å²) in [6.07, 6.45) is 3.31. The molecule has 0 saturated carbocycles. The fraction of sp³-hybridized carbons (Fsp3) is 0. The lowest BCUT2D eigenvalue weighted by Crippen LogP contribution is -1.76. The van der Waals surface area contributed by atoms with Crippen LogP contribution in [0.4, 0.5) is 0 Å². The highest BCUT2D eigenvalue weighted by Gasteiger charge is 2.00. The summed E-state index contributed by atoms with van der Waals surface area (Å²) in [5, 5.41) is 37.2. The van der Waals surface area contributed by atoms with Crippen LogP contribution in [0.15, 0.2) is 36.4 Å². The Kier molecular flexibility index (Phi) is 3.10. The third kappa shape index (κ3) is 2.55. The summed E-state index contributed by atoms with van der Waals surface area (Å²) in [6.45, 7) is 0. The van der Waals surface area contributed by atoms with Crippen LogP contribution >= 0.6 is 0 Å². The zero-order valence-electron chi connectivity index (χ0n) is 9.41. The maximum absolute atomic E-state index is 9.57. The second kappa shape index (κ2) is 4.71. The molecule has 0 atom stereocenters. The van der Waals surface area contributed by atoms with Crippen molar-refractivity contribution >= 4 is 12.2 Å². The molecule has 0 saturated heterocycles. The van der Waals surface area contributed by atoms with Crippen LogP contribution in [-0.4, -0.2) is 20.4 Å². The van der Waals surface area contributed by atoms with Crippen LogP contribution in [0.2, 0.25) is 0 Å². The molecule has 92 valence electrons. The Labute approximate surface area is 104 Å². The molecular weight excluding hydrogens is 232 g/mol. The molecule has 2 rings (SSSR count). The van der Waals surface area contributed by atoms with Crippen LogP contribution in [0.3, 0.4) is 0 Å². The average Bonchev–Trinajstić information content (AvgIpc) is 2.32. The molecular formula is C14H12O4. The molecule has 2 aromatic carbocycles. The first-order valence-corrected chi connectivity index (χ1v) is 5.28. The van der Waals surface area contributed by atoms with Gasteiger partial charge in [-0.1, -0.05) is 18.2 Å². The first kappa shape index (κ1) is 11.9. The summed E-state index contributed by atoms with van der Waals surface area (Å²) in [5.41, 5.74) is 1.22. The quantitative estimate of drug-likeness (QED) is 0.483. The van der Waals surface area contributed by atoms with E-state index in [1.54, 1.807) is 24.3 Å². The molecule has 0 aliphatic rings. The Morgan fingerprint density at radius 1 is 0.667 bits per heavy atom. The SMILES string of the molecule is Oc1ccc(C=Cc2ccc(O)c(O)c2)c(O)c1. The topological polar surface area (TPSA) is 80.9 Å². The Bertz CT molecular complexity index is 603. The Hall–Kier alpha value is -2.62. The van der Waals surface area contributed by atoms with E-state index in [0.29, 0.717) is 11.1 Å². The van der Waals surface area contributed by atoms with Crippen molar-refractivity contribution in [1.82, 2.24) is 0 Å². The molecule has 4 heteroatoms. The summed E-state index contributed by atoms with van der Waals surface area (Å²) in [5.74, 6) is -0.423. The molecule has 0 fully saturated rings. The van der Waals surface area contributed by atoms with Crippen LogP contribution in [0.5, 0.6) is 23.0 Å². The molecule has 0 radical (unpaired) electrons. The standard InChI is InChI=1S/C14H12O4/c15-11-5-4-10(13(17)8-11)3-1-9-2-6-12(16)14(18)7-9/h1-8,15-18H. The van der Waals surface area contributed by atoms with Gasteiger partial charge < -0.3 is 20.4 Å². The van der Waals surface area contributed by atoms with Gasteiger partial charge in [0, 0.05) is 11.6 Å². The van der Waals surface area contributed by atoms with Crippen LogP contribution in [-0.2, 0) is 0 Å². The maximum Gasteiger partial charge on any atom is 0.157 e. The molecule has 0 aliphatic carbocycles. The third-order valence-electron chi connectivity index (χ3n) is 2.47. The first-order valence-electron chi connectivity index (χ1n) is 5.28. The lowest BCUT2D eigenvalue weighted by Gasteiger charge is -2.01. The monoisotopic (exact) mass is 244 g/mol. The summed E-state index contributed by atoms with van der Waals surface area (Å²) < 4.78 is 0. The third-order valence-corrected chi connectivity index (χ3v) is 2.47. The van der Waals surface area contributed by atoms with E-state index in [1.807, 2.05) is 0 Å². The Morgan fingerprint density at radius 3 is 2.11 bits per heavy atom. The molecule has 4 N–H and O–H groups in total. The molecule has 4 nitrogen and oxygen atoms in total. The predicted molar refractivity (Wildman–Crippen MR) is 68.5 cm³/mol. The highest BCUT2D eigenvalue weighted by molar-refractivity contribution is 5.73. The van der Waals surface area contributed by atoms with Crippen molar-refractivity contribution in [2.75, 3.05) is 0 Å². The van der Waals surface area contributed by atoms with E-state index in [-0.39, 0.29) is 23.0 Å². The smallest absolute Gasteiger partial charge is 0.157 e. The zero-order valence-corrected chi connectivity index (χ0v) is 9.41. The fourth-order valence-corrected chi connectivity index (χ4v) is 1.50. The van der Waals surface area contributed by atoms with Gasteiger partial charge in [0.1, 0.15) is 11.5 Å². The molecule has 0 heterocycles. The number of phenolic OH excluding ortho intramolecular Hbond substituents is 4. The fourth-order valence-electron chi connectivity index (χ4n) is 1.50. The number of hydrogen-bond acceptors (Lipinski definition) is 4. The van der Waals surface area contributed by atoms with Gasteiger partial charge in [0.15, 0.2) is 11.5 Å². The highest BCUT2D eigenvalue weighted by atomic mass is 16.3. The van der Waals surface area contributed by atoms with Crippen LogP contribution in [0, 0.1) is 0 Å². The normalized spacial score (nSPS) is 10.9. The van der Waals surface area contributed by atoms with Gasteiger partial charge in [-0.2, -0.15) is 0 Å². The average molecular weight is 244 g/mol. The van der Waals surface area contributed by atoms with E-state index in [4.69, 9.17) is 10.2 Å². The summed E-state index contributed by atoms with van der Waals surface area (Å²) in [6, 6.07) is 8.70. The number of phenols is 4. The summed E-state index contributed by atoms with van der Waals surface area (Å²) in [4.78, 5) is 0. The van der Waals surface area contributed by atoms with Gasteiger partial charge in [0.05, 0.1) is 0 Å². The lowest BCUT2D eigenvalue weighted by molar-refractivity contribution is 0.403. The van der Waals surface area contributed by atoms with E-state index in [1.165, 1.54) is 24.3 Å². The van der Waals surface area contributed by atoms with Gasteiger partial charge >= 0.3 is 0 Å².